The van der Waals surface area contributed by atoms with E-state index in [4.69, 9.17) is 0 Å². The predicted molar refractivity (Wildman–Crippen MR) is 103 cm³/mol. The van der Waals surface area contributed by atoms with Gasteiger partial charge in [0.05, 0.1) is 0 Å². The minimum Gasteiger partial charge on any atom is -1.00 e. The van der Waals surface area contributed by atoms with Crippen molar-refractivity contribution in [3.8, 4) is 0 Å². The molecule has 0 radical (unpaired) electrons. The Hall–Kier alpha value is 0.471. The van der Waals surface area contributed by atoms with Crippen LogP contribution >= 0.6 is 0 Å². The summed E-state index contributed by atoms with van der Waals surface area (Å²) in [5.41, 5.74) is 1.36. The first-order chi connectivity index (χ1) is 11.6. The van der Waals surface area contributed by atoms with Crippen molar-refractivity contribution in [2.24, 2.45) is 23.7 Å². The van der Waals surface area contributed by atoms with Gasteiger partial charge in [-0.1, -0.05) is 63.2 Å². The topological polar surface area (TPSA) is 0 Å². The molecule has 4 heteroatoms. The maximum Gasteiger partial charge on any atom is -1.00 e. The second-order valence-electron chi connectivity index (χ2n) is 7.39. The van der Waals surface area contributed by atoms with Gasteiger partial charge in [-0.15, -0.1) is 18.4 Å². The number of halogens is 2. The van der Waals surface area contributed by atoms with Crippen molar-refractivity contribution in [2.45, 2.75) is 58.5 Å². The first-order valence-electron chi connectivity index (χ1n) is 9.59. The third-order valence-corrected chi connectivity index (χ3v) is 5.21. The first kappa shape index (κ1) is 26.5. The average Bonchev–Trinajstić information content (AvgIpc) is 3.22. The van der Waals surface area contributed by atoms with Crippen LogP contribution in [0.1, 0.15) is 45.4 Å². The van der Waals surface area contributed by atoms with E-state index in [-0.39, 0.29) is 31.0 Å². The molecule has 0 nitrogen and oxygen atoms in total. The summed E-state index contributed by atoms with van der Waals surface area (Å²) >= 11 is 2.27. The molecule has 0 amide bonds. The van der Waals surface area contributed by atoms with E-state index in [0.29, 0.717) is 0 Å². The van der Waals surface area contributed by atoms with Gasteiger partial charge >= 0.3 is 38.5 Å². The molecule has 144 valence electrons. The largest absolute Gasteiger partial charge is 1.00 e. The van der Waals surface area contributed by atoms with Gasteiger partial charge < -0.3 is 31.2 Å². The number of hydrogen-bond acceptors (Lipinski definition) is 0. The zero-order valence-corrected chi connectivity index (χ0v) is 20.4. The predicted octanol–water partition coefficient (Wildman–Crippen LogP) is 0.247. The van der Waals surface area contributed by atoms with E-state index < -0.39 is 0 Å². The van der Waals surface area contributed by atoms with E-state index in [1.165, 1.54) is 31.3 Å². The van der Waals surface area contributed by atoms with E-state index in [2.05, 4.69) is 88.1 Å². The molecular weight excluding hydrogens is 411 g/mol. The van der Waals surface area contributed by atoms with Crippen molar-refractivity contribution in [1.29, 1.82) is 0 Å². The summed E-state index contributed by atoms with van der Waals surface area (Å²) in [4.78, 5) is 0. The van der Waals surface area contributed by atoms with Gasteiger partial charge in [0.2, 0.25) is 0 Å². The quantitative estimate of drug-likeness (QED) is 0.403. The molecule has 0 spiro atoms. The van der Waals surface area contributed by atoms with Crippen molar-refractivity contribution in [2.75, 3.05) is 0 Å². The number of rotatable bonds is 1. The van der Waals surface area contributed by atoms with E-state index in [9.17, 15) is 0 Å². The Morgan fingerprint density at radius 1 is 1.15 bits per heavy atom. The number of fused-ring (bicyclic) bond motifs is 3. The fourth-order valence-electron chi connectivity index (χ4n) is 4.15. The first-order valence-corrected chi connectivity index (χ1v) is 14.4. The summed E-state index contributed by atoms with van der Waals surface area (Å²) in [6.07, 6.45) is 27.5. The van der Waals surface area contributed by atoms with Crippen LogP contribution in [0.2, 0.25) is 13.1 Å². The van der Waals surface area contributed by atoms with Crippen LogP contribution in [-0.2, 0) is 19.2 Å². The molecule has 26 heavy (non-hydrogen) atoms. The summed E-state index contributed by atoms with van der Waals surface area (Å²) in [5, 5.41) is 0. The maximum atomic E-state index is 3.21. The number of hydrogen-bond donors (Lipinski definition) is 0. The van der Waals surface area contributed by atoms with E-state index >= 15 is 0 Å². The van der Waals surface area contributed by atoms with E-state index in [1.807, 2.05) is 0 Å². The summed E-state index contributed by atoms with van der Waals surface area (Å²) in [6.45, 7) is 6.69. The van der Waals surface area contributed by atoms with Gasteiger partial charge in [0, 0.05) is 0 Å². The molecule has 0 bridgehead atoms. The summed E-state index contributed by atoms with van der Waals surface area (Å²) in [7, 11) is 0. The molecule has 4 aliphatic carbocycles. The van der Waals surface area contributed by atoms with Crippen molar-refractivity contribution in [3.63, 3.8) is 0 Å². The molecular formula is C22H32Cl2SiTi-2. The second kappa shape index (κ2) is 14.5. The number of allylic oxidation sites excluding steroid dienone is 8. The summed E-state index contributed by atoms with van der Waals surface area (Å²) in [5.74, 6) is 3.56. The van der Waals surface area contributed by atoms with Crippen LogP contribution in [0.25, 0.3) is 0 Å². The van der Waals surface area contributed by atoms with Gasteiger partial charge in [0.1, 0.15) is 0 Å². The second-order valence-corrected chi connectivity index (χ2v) is 14.1. The van der Waals surface area contributed by atoms with Crippen LogP contribution in [0.3, 0.4) is 0 Å². The Labute approximate surface area is 186 Å². The average molecular weight is 443 g/mol. The van der Waals surface area contributed by atoms with Crippen LogP contribution in [0, 0.1) is 36.2 Å². The van der Waals surface area contributed by atoms with Crippen LogP contribution in [0.5, 0.6) is 0 Å². The van der Waals surface area contributed by atoms with E-state index in [0.717, 1.165) is 36.5 Å². The van der Waals surface area contributed by atoms with Gasteiger partial charge in [-0.2, -0.15) is 12.0 Å². The normalized spacial score (nSPS) is 29.5. The van der Waals surface area contributed by atoms with Crippen LogP contribution in [0.4, 0.5) is 0 Å². The fourth-order valence-corrected chi connectivity index (χ4v) is 4.15. The van der Waals surface area contributed by atoms with Crippen LogP contribution in [0.15, 0.2) is 42.0 Å². The van der Waals surface area contributed by atoms with Crippen LogP contribution in [-0.4, -0.2) is 6.19 Å². The fraction of sp³-hybridized carbons (Fsp3) is 0.591. The standard InChI is InChI=1S/C13H17.C7H9.C2H6Si.2ClH.Ti/c1-3-7-12-10(5-1)9-11-6-2-4-8-13(11)12;1-2-7-5-3-4-6-7;1-3-2;;;/h1,3,5,7,9-13H,2,4,6,8H2;3,5H,2,4H2,1H3;1-2H3;2*1H;/q2*-1;;;;+2/p-2. The molecule has 4 unspecified atom stereocenters. The van der Waals surface area contributed by atoms with E-state index in [1.54, 1.807) is 0 Å². The third-order valence-electron chi connectivity index (χ3n) is 5.21. The summed E-state index contributed by atoms with van der Waals surface area (Å²) in [6, 6.07) is 0. The Morgan fingerprint density at radius 2 is 1.81 bits per heavy atom. The molecule has 0 heterocycles. The molecule has 4 atom stereocenters. The van der Waals surface area contributed by atoms with Gasteiger partial charge in [-0.05, 0) is 5.92 Å². The monoisotopic (exact) mass is 442 g/mol. The molecule has 2 saturated carbocycles. The Morgan fingerprint density at radius 3 is 2.38 bits per heavy atom. The van der Waals surface area contributed by atoms with Crippen molar-refractivity contribution in [3.05, 3.63) is 54.5 Å². The molecule has 0 saturated heterocycles. The van der Waals surface area contributed by atoms with Gasteiger partial charge in [0.25, 0.3) is 0 Å². The van der Waals surface area contributed by atoms with Crippen molar-refractivity contribution >= 4 is 6.19 Å². The molecule has 0 aromatic carbocycles. The minimum atomic E-state index is 0. The Balaban J connectivity index is 0.000000415. The zero-order valence-electron chi connectivity index (χ0n) is 16.3. The van der Waals surface area contributed by atoms with Gasteiger partial charge in [-0.25, -0.2) is 11.6 Å². The van der Waals surface area contributed by atoms with Gasteiger partial charge in [0.15, 0.2) is 0 Å². The molecule has 0 aromatic heterocycles. The zero-order chi connectivity index (χ0) is 17.4. The molecule has 4 rings (SSSR count). The molecule has 4 aliphatic rings. The Kier molecular flexibility index (Phi) is 14.7. The molecule has 0 aliphatic heterocycles. The van der Waals surface area contributed by atoms with Crippen LogP contribution < -0.4 is 24.8 Å². The smallest absolute Gasteiger partial charge is 1.00 e. The van der Waals surface area contributed by atoms with Crippen molar-refractivity contribution < 1.29 is 44.0 Å². The minimum absolute atomic E-state index is 0. The third kappa shape index (κ3) is 8.65. The molecule has 0 N–H and O–H groups in total. The maximum absolute atomic E-state index is 3.21. The summed E-state index contributed by atoms with van der Waals surface area (Å²) < 4.78 is 0. The molecule has 2 fully saturated rings. The molecule has 0 aromatic rings. The Bertz CT molecular complexity index is 532. The SMILES string of the molecule is C1=CC2[CH-]C3CCCCC3C2C=C1.CCC1=[C-]CC=C1.C[Si](C)=[Ti+2].[Cl-].[Cl-]. The van der Waals surface area contributed by atoms with Crippen molar-refractivity contribution in [1.82, 2.24) is 0 Å². The van der Waals surface area contributed by atoms with Gasteiger partial charge in [-0.3, -0.25) is 6.08 Å².